The molecular formula is C20H22BrNO3. The van der Waals surface area contributed by atoms with Crippen molar-refractivity contribution in [3.8, 4) is 11.5 Å². The van der Waals surface area contributed by atoms with Crippen molar-refractivity contribution in [3.63, 3.8) is 0 Å². The van der Waals surface area contributed by atoms with Crippen molar-refractivity contribution >= 4 is 21.7 Å². The number of halogens is 1. The fraction of sp³-hybridized carbons (Fsp3) is 0.350. The SMILES string of the molecule is O=C(c1ccc(O)cc1)C1CCN(CCOc2cccc(Br)c2)CC1. The van der Waals surface area contributed by atoms with Crippen LogP contribution in [0.15, 0.2) is 53.0 Å². The Morgan fingerprint density at radius 2 is 1.88 bits per heavy atom. The Morgan fingerprint density at radius 1 is 1.16 bits per heavy atom. The fourth-order valence-corrected chi connectivity index (χ4v) is 3.51. The zero-order valence-electron chi connectivity index (χ0n) is 14.0. The average Bonchev–Trinajstić information content (AvgIpc) is 2.62. The quantitative estimate of drug-likeness (QED) is 0.736. The molecule has 0 aromatic heterocycles. The summed E-state index contributed by atoms with van der Waals surface area (Å²) in [6.45, 7) is 3.34. The number of benzene rings is 2. The van der Waals surface area contributed by atoms with E-state index in [0.29, 0.717) is 12.2 Å². The summed E-state index contributed by atoms with van der Waals surface area (Å²) in [7, 11) is 0. The first-order chi connectivity index (χ1) is 12.1. The first kappa shape index (κ1) is 18.0. The monoisotopic (exact) mass is 403 g/mol. The Bertz CT molecular complexity index is 709. The molecule has 0 saturated carbocycles. The largest absolute Gasteiger partial charge is 0.508 e. The maximum absolute atomic E-state index is 12.5. The van der Waals surface area contributed by atoms with Crippen molar-refractivity contribution < 1.29 is 14.6 Å². The van der Waals surface area contributed by atoms with Gasteiger partial charge in [0, 0.05) is 22.5 Å². The molecule has 5 heteroatoms. The van der Waals surface area contributed by atoms with Crippen LogP contribution >= 0.6 is 15.9 Å². The van der Waals surface area contributed by atoms with Gasteiger partial charge in [-0.1, -0.05) is 22.0 Å². The van der Waals surface area contributed by atoms with Crippen LogP contribution in [-0.2, 0) is 0 Å². The van der Waals surface area contributed by atoms with Crippen LogP contribution in [0.2, 0.25) is 0 Å². The number of hydrogen-bond acceptors (Lipinski definition) is 4. The molecule has 132 valence electrons. The van der Waals surface area contributed by atoms with E-state index in [9.17, 15) is 9.90 Å². The molecule has 0 unspecified atom stereocenters. The van der Waals surface area contributed by atoms with E-state index in [1.165, 1.54) is 0 Å². The zero-order valence-corrected chi connectivity index (χ0v) is 15.6. The number of ketones is 1. The Morgan fingerprint density at radius 3 is 2.56 bits per heavy atom. The van der Waals surface area contributed by atoms with Gasteiger partial charge in [0.15, 0.2) is 5.78 Å². The molecule has 1 aliphatic rings. The van der Waals surface area contributed by atoms with Gasteiger partial charge in [0.2, 0.25) is 0 Å². The number of carbonyl (C=O) groups is 1. The molecule has 0 atom stereocenters. The molecule has 4 nitrogen and oxygen atoms in total. The second kappa shape index (κ2) is 8.50. The maximum Gasteiger partial charge on any atom is 0.166 e. The Hall–Kier alpha value is -1.85. The van der Waals surface area contributed by atoms with Crippen LogP contribution in [-0.4, -0.2) is 42.0 Å². The Balaban J connectivity index is 1.42. The van der Waals surface area contributed by atoms with Crippen LogP contribution in [0.25, 0.3) is 0 Å². The Labute approximate surface area is 156 Å². The van der Waals surface area contributed by atoms with E-state index < -0.39 is 0 Å². The number of hydrogen-bond donors (Lipinski definition) is 1. The van der Waals surface area contributed by atoms with Crippen LogP contribution in [0.4, 0.5) is 0 Å². The first-order valence-electron chi connectivity index (χ1n) is 8.56. The molecular weight excluding hydrogens is 382 g/mol. The summed E-state index contributed by atoms with van der Waals surface area (Å²) in [5.41, 5.74) is 0.689. The molecule has 0 aliphatic carbocycles. The first-order valence-corrected chi connectivity index (χ1v) is 9.35. The molecule has 3 rings (SSSR count). The van der Waals surface area contributed by atoms with Gasteiger partial charge in [0.25, 0.3) is 0 Å². The van der Waals surface area contributed by atoms with Gasteiger partial charge in [-0.3, -0.25) is 9.69 Å². The summed E-state index contributed by atoms with van der Waals surface area (Å²) >= 11 is 3.44. The third-order valence-corrected chi connectivity index (χ3v) is 5.08. The summed E-state index contributed by atoms with van der Waals surface area (Å²) in [6.07, 6.45) is 1.74. The number of phenols is 1. The summed E-state index contributed by atoms with van der Waals surface area (Å²) in [5, 5.41) is 9.33. The smallest absolute Gasteiger partial charge is 0.166 e. The number of rotatable bonds is 6. The number of Topliss-reactive ketones (excluding diaryl/α,β-unsaturated/α-hetero) is 1. The third-order valence-electron chi connectivity index (χ3n) is 4.58. The van der Waals surface area contributed by atoms with Gasteiger partial charge in [-0.2, -0.15) is 0 Å². The standard InChI is InChI=1S/C20H22BrNO3/c21-17-2-1-3-19(14-17)25-13-12-22-10-8-16(9-11-22)20(24)15-4-6-18(23)7-5-15/h1-7,14,16,23H,8-13H2. The molecule has 2 aromatic rings. The van der Waals surface area contributed by atoms with Crippen molar-refractivity contribution in [2.24, 2.45) is 5.92 Å². The minimum Gasteiger partial charge on any atom is -0.508 e. The molecule has 0 radical (unpaired) electrons. The highest BCUT2D eigenvalue weighted by Gasteiger charge is 2.25. The highest BCUT2D eigenvalue weighted by molar-refractivity contribution is 9.10. The van der Waals surface area contributed by atoms with Crippen LogP contribution in [0.1, 0.15) is 23.2 Å². The number of likely N-dealkylation sites (tertiary alicyclic amines) is 1. The highest BCUT2D eigenvalue weighted by atomic mass is 79.9. The lowest BCUT2D eigenvalue weighted by Crippen LogP contribution is -2.38. The molecule has 0 amide bonds. The van der Waals surface area contributed by atoms with Gasteiger partial charge >= 0.3 is 0 Å². The van der Waals surface area contributed by atoms with E-state index >= 15 is 0 Å². The maximum atomic E-state index is 12.5. The van der Waals surface area contributed by atoms with Crippen LogP contribution in [0.5, 0.6) is 11.5 Å². The highest BCUT2D eigenvalue weighted by Crippen LogP contribution is 2.23. The van der Waals surface area contributed by atoms with Gasteiger partial charge in [-0.15, -0.1) is 0 Å². The number of piperidine rings is 1. The predicted octanol–water partition coefficient (Wildman–Crippen LogP) is 4.13. The number of carbonyl (C=O) groups excluding carboxylic acids is 1. The van der Waals surface area contributed by atoms with Crippen molar-refractivity contribution in [2.75, 3.05) is 26.2 Å². The topological polar surface area (TPSA) is 49.8 Å². The molecule has 1 heterocycles. The summed E-state index contributed by atoms with van der Waals surface area (Å²) < 4.78 is 6.79. The van der Waals surface area contributed by atoms with Crippen molar-refractivity contribution in [1.82, 2.24) is 4.90 Å². The molecule has 1 N–H and O–H groups in total. The van der Waals surface area contributed by atoms with E-state index in [-0.39, 0.29) is 17.5 Å². The molecule has 0 spiro atoms. The van der Waals surface area contributed by atoms with E-state index in [2.05, 4.69) is 20.8 Å². The normalized spacial score (nSPS) is 15.9. The zero-order chi connectivity index (χ0) is 17.6. The van der Waals surface area contributed by atoms with Crippen molar-refractivity contribution in [2.45, 2.75) is 12.8 Å². The number of ether oxygens (including phenoxy) is 1. The van der Waals surface area contributed by atoms with Crippen molar-refractivity contribution in [3.05, 3.63) is 58.6 Å². The molecule has 1 fully saturated rings. The predicted molar refractivity (Wildman–Crippen MR) is 101 cm³/mol. The molecule has 2 aromatic carbocycles. The summed E-state index contributed by atoms with van der Waals surface area (Å²) in [5.74, 6) is 1.32. The minimum atomic E-state index is 0.0757. The van der Waals surface area contributed by atoms with Gasteiger partial charge in [0.1, 0.15) is 18.1 Å². The fourth-order valence-electron chi connectivity index (χ4n) is 3.13. The van der Waals surface area contributed by atoms with E-state index in [1.807, 2.05) is 24.3 Å². The number of nitrogens with zero attached hydrogens (tertiary/aromatic N) is 1. The van der Waals surface area contributed by atoms with Crippen molar-refractivity contribution in [1.29, 1.82) is 0 Å². The van der Waals surface area contributed by atoms with Crippen LogP contribution in [0, 0.1) is 5.92 Å². The molecule has 25 heavy (non-hydrogen) atoms. The molecule has 1 saturated heterocycles. The molecule has 0 bridgehead atoms. The average molecular weight is 404 g/mol. The van der Waals surface area contributed by atoms with E-state index in [4.69, 9.17) is 4.74 Å². The lowest BCUT2D eigenvalue weighted by molar-refractivity contribution is 0.0827. The van der Waals surface area contributed by atoms with Gasteiger partial charge < -0.3 is 9.84 Å². The van der Waals surface area contributed by atoms with Crippen LogP contribution < -0.4 is 4.74 Å². The van der Waals surface area contributed by atoms with Crippen LogP contribution in [0.3, 0.4) is 0 Å². The second-order valence-electron chi connectivity index (χ2n) is 6.33. The summed E-state index contributed by atoms with van der Waals surface area (Å²) in [4.78, 5) is 14.9. The third kappa shape index (κ3) is 5.06. The lowest BCUT2D eigenvalue weighted by Gasteiger charge is -2.31. The lowest BCUT2D eigenvalue weighted by atomic mass is 9.89. The Kier molecular flexibility index (Phi) is 6.10. The van der Waals surface area contributed by atoms with Gasteiger partial charge in [-0.25, -0.2) is 0 Å². The number of aromatic hydroxyl groups is 1. The number of phenolic OH excluding ortho intramolecular Hbond substituents is 1. The minimum absolute atomic E-state index is 0.0757. The second-order valence-corrected chi connectivity index (χ2v) is 7.25. The van der Waals surface area contributed by atoms with E-state index in [0.717, 1.165) is 42.7 Å². The van der Waals surface area contributed by atoms with Gasteiger partial charge in [-0.05, 0) is 68.4 Å². The summed E-state index contributed by atoms with van der Waals surface area (Å²) in [6, 6.07) is 14.4. The molecule has 1 aliphatic heterocycles. The van der Waals surface area contributed by atoms with Gasteiger partial charge in [0.05, 0.1) is 0 Å². The van der Waals surface area contributed by atoms with E-state index in [1.54, 1.807) is 24.3 Å².